The van der Waals surface area contributed by atoms with Crippen LogP contribution in [0.25, 0.3) is 0 Å². The first-order chi connectivity index (χ1) is 13.5. The maximum absolute atomic E-state index is 12.4. The van der Waals surface area contributed by atoms with Crippen LogP contribution in [0.1, 0.15) is 38.9 Å². The average molecular weight is 394 g/mol. The van der Waals surface area contributed by atoms with Crippen molar-refractivity contribution in [1.82, 2.24) is 10.3 Å². The first-order valence-electron chi connectivity index (χ1n) is 8.94. The smallest absolute Gasteiger partial charge is 0.274 e. The van der Waals surface area contributed by atoms with Crippen LogP contribution in [-0.4, -0.2) is 16.8 Å². The Kier molecular flexibility index (Phi) is 6.40. The van der Waals surface area contributed by atoms with Gasteiger partial charge in [0.05, 0.1) is 0 Å². The predicted molar refractivity (Wildman–Crippen MR) is 111 cm³/mol. The fraction of sp³-hybridized carbons (Fsp3) is 0.136. The van der Waals surface area contributed by atoms with Gasteiger partial charge in [-0.3, -0.25) is 14.6 Å². The molecule has 0 saturated heterocycles. The predicted octanol–water partition coefficient (Wildman–Crippen LogP) is 4.48. The number of carbonyl (C=O) groups excluding carboxylic acids is 2. The van der Waals surface area contributed by atoms with Gasteiger partial charge in [-0.1, -0.05) is 42.8 Å². The zero-order valence-corrected chi connectivity index (χ0v) is 16.2. The normalized spacial score (nSPS) is 10.4. The van der Waals surface area contributed by atoms with E-state index in [9.17, 15) is 9.59 Å². The van der Waals surface area contributed by atoms with E-state index >= 15 is 0 Å². The molecular weight excluding hydrogens is 374 g/mol. The van der Waals surface area contributed by atoms with Crippen LogP contribution in [0.5, 0.6) is 0 Å². The molecular formula is C22H20ClN3O2. The van der Waals surface area contributed by atoms with E-state index in [1.54, 1.807) is 18.2 Å². The van der Waals surface area contributed by atoms with Crippen molar-refractivity contribution in [2.24, 2.45) is 0 Å². The maximum atomic E-state index is 12.4. The number of hydrogen-bond donors (Lipinski definition) is 2. The molecule has 0 radical (unpaired) electrons. The molecule has 3 aromatic rings. The van der Waals surface area contributed by atoms with E-state index in [4.69, 9.17) is 11.6 Å². The van der Waals surface area contributed by atoms with Crippen molar-refractivity contribution in [3.05, 3.63) is 94.3 Å². The molecule has 1 aromatic heterocycles. The van der Waals surface area contributed by atoms with Gasteiger partial charge in [0.2, 0.25) is 0 Å². The Balaban J connectivity index is 1.64. The second kappa shape index (κ2) is 9.15. The standard InChI is InChI=1S/C22H20ClN3O2/c1-2-15-5-9-19(10-6-15)26-22(28)20-13-17(11-12-24-20)21(27)25-14-16-3-7-18(23)8-4-16/h3-13H,2,14H2,1H3,(H,25,27)(H,26,28). The number of amides is 2. The molecule has 0 aliphatic heterocycles. The zero-order chi connectivity index (χ0) is 19.9. The van der Waals surface area contributed by atoms with Crippen LogP contribution in [0.2, 0.25) is 5.02 Å². The van der Waals surface area contributed by atoms with Crippen LogP contribution in [0.15, 0.2) is 66.9 Å². The molecule has 28 heavy (non-hydrogen) atoms. The van der Waals surface area contributed by atoms with Gasteiger partial charge in [0, 0.05) is 29.0 Å². The summed E-state index contributed by atoms with van der Waals surface area (Å²) < 4.78 is 0. The molecule has 142 valence electrons. The number of nitrogens with one attached hydrogen (secondary N) is 2. The Morgan fingerprint density at radius 1 is 0.929 bits per heavy atom. The Hall–Kier alpha value is -3.18. The Labute approximate surface area is 168 Å². The van der Waals surface area contributed by atoms with Crippen molar-refractivity contribution in [3.8, 4) is 0 Å². The summed E-state index contributed by atoms with van der Waals surface area (Å²) in [6, 6.07) is 17.9. The Morgan fingerprint density at radius 3 is 2.29 bits per heavy atom. The fourth-order valence-corrected chi connectivity index (χ4v) is 2.73. The number of carbonyl (C=O) groups is 2. The van der Waals surface area contributed by atoms with Crippen LogP contribution in [-0.2, 0) is 13.0 Å². The molecule has 5 nitrogen and oxygen atoms in total. The minimum absolute atomic E-state index is 0.179. The lowest BCUT2D eigenvalue weighted by Crippen LogP contribution is -2.23. The van der Waals surface area contributed by atoms with E-state index in [2.05, 4.69) is 22.5 Å². The number of aromatic nitrogens is 1. The molecule has 0 spiro atoms. The first kappa shape index (κ1) is 19.6. The van der Waals surface area contributed by atoms with Crippen LogP contribution >= 0.6 is 11.6 Å². The lowest BCUT2D eigenvalue weighted by Gasteiger charge is -2.08. The Morgan fingerprint density at radius 2 is 1.61 bits per heavy atom. The van der Waals surface area contributed by atoms with Gasteiger partial charge in [-0.15, -0.1) is 0 Å². The molecule has 0 aliphatic carbocycles. The van der Waals surface area contributed by atoms with Crippen molar-refractivity contribution in [2.45, 2.75) is 19.9 Å². The Bertz CT molecular complexity index is 970. The highest BCUT2D eigenvalue weighted by Crippen LogP contribution is 2.12. The zero-order valence-electron chi connectivity index (χ0n) is 15.4. The van der Waals surface area contributed by atoms with E-state index in [0.29, 0.717) is 22.8 Å². The monoisotopic (exact) mass is 393 g/mol. The van der Waals surface area contributed by atoms with E-state index in [-0.39, 0.29) is 17.5 Å². The highest BCUT2D eigenvalue weighted by Gasteiger charge is 2.12. The number of aryl methyl sites for hydroxylation is 1. The molecule has 1 heterocycles. The quantitative estimate of drug-likeness (QED) is 0.648. The van der Waals surface area contributed by atoms with E-state index in [1.165, 1.54) is 17.8 Å². The first-order valence-corrected chi connectivity index (χ1v) is 9.32. The molecule has 2 N–H and O–H groups in total. The lowest BCUT2D eigenvalue weighted by atomic mass is 10.1. The number of anilines is 1. The summed E-state index contributed by atoms with van der Waals surface area (Å²) in [6.45, 7) is 2.44. The third-order valence-electron chi connectivity index (χ3n) is 4.24. The number of halogens is 1. The van der Waals surface area contributed by atoms with Gasteiger partial charge in [0.1, 0.15) is 5.69 Å². The van der Waals surface area contributed by atoms with Gasteiger partial charge in [0.25, 0.3) is 11.8 Å². The SMILES string of the molecule is CCc1ccc(NC(=O)c2cc(C(=O)NCc3ccc(Cl)cc3)ccn2)cc1. The van der Waals surface area contributed by atoms with E-state index < -0.39 is 0 Å². The van der Waals surface area contributed by atoms with Crippen molar-refractivity contribution >= 4 is 29.1 Å². The van der Waals surface area contributed by atoms with Crippen molar-refractivity contribution < 1.29 is 9.59 Å². The number of rotatable bonds is 6. The van der Waals surface area contributed by atoms with Gasteiger partial charge >= 0.3 is 0 Å². The molecule has 0 saturated carbocycles. The number of pyridine rings is 1. The molecule has 0 aliphatic rings. The minimum Gasteiger partial charge on any atom is -0.348 e. The highest BCUT2D eigenvalue weighted by molar-refractivity contribution is 6.30. The van der Waals surface area contributed by atoms with Gasteiger partial charge in [-0.05, 0) is 53.9 Å². The molecule has 0 fully saturated rings. The molecule has 3 rings (SSSR count). The van der Waals surface area contributed by atoms with Crippen molar-refractivity contribution in [1.29, 1.82) is 0 Å². The van der Waals surface area contributed by atoms with E-state index in [0.717, 1.165) is 12.0 Å². The van der Waals surface area contributed by atoms with Gasteiger partial charge < -0.3 is 10.6 Å². The number of benzene rings is 2. The average Bonchev–Trinajstić information content (AvgIpc) is 2.73. The summed E-state index contributed by atoms with van der Waals surface area (Å²) in [4.78, 5) is 28.9. The topological polar surface area (TPSA) is 71.1 Å². The number of hydrogen-bond acceptors (Lipinski definition) is 3. The maximum Gasteiger partial charge on any atom is 0.274 e. The van der Waals surface area contributed by atoms with Crippen LogP contribution < -0.4 is 10.6 Å². The van der Waals surface area contributed by atoms with Gasteiger partial charge in [-0.25, -0.2) is 0 Å². The summed E-state index contributed by atoms with van der Waals surface area (Å²) >= 11 is 5.86. The highest BCUT2D eigenvalue weighted by atomic mass is 35.5. The lowest BCUT2D eigenvalue weighted by molar-refractivity contribution is 0.0951. The second-order valence-electron chi connectivity index (χ2n) is 6.24. The van der Waals surface area contributed by atoms with Crippen LogP contribution in [0, 0.1) is 0 Å². The molecule has 2 aromatic carbocycles. The van der Waals surface area contributed by atoms with Gasteiger partial charge in [-0.2, -0.15) is 0 Å². The molecule has 0 unspecified atom stereocenters. The molecule has 6 heteroatoms. The summed E-state index contributed by atoms with van der Waals surface area (Å²) in [7, 11) is 0. The minimum atomic E-state index is -0.364. The molecule has 0 bridgehead atoms. The molecule has 0 atom stereocenters. The summed E-state index contributed by atoms with van der Waals surface area (Å²) in [5.74, 6) is -0.643. The molecule has 2 amide bonds. The largest absolute Gasteiger partial charge is 0.348 e. The second-order valence-corrected chi connectivity index (χ2v) is 6.68. The summed E-state index contributed by atoms with van der Waals surface area (Å²) in [6.07, 6.45) is 2.38. The van der Waals surface area contributed by atoms with E-state index in [1.807, 2.05) is 36.4 Å². The third kappa shape index (κ3) is 5.18. The third-order valence-corrected chi connectivity index (χ3v) is 4.49. The summed E-state index contributed by atoms with van der Waals surface area (Å²) in [5.41, 5.74) is 3.35. The van der Waals surface area contributed by atoms with Crippen molar-refractivity contribution in [2.75, 3.05) is 5.32 Å². The fourth-order valence-electron chi connectivity index (χ4n) is 2.60. The van der Waals surface area contributed by atoms with Crippen LogP contribution in [0.3, 0.4) is 0 Å². The number of nitrogens with zero attached hydrogens (tertiary/aromatic N) is 1. The summed E-state index contributed by atoms with van der Waals surface area (Å²) in [5, 5.41) is 6.26. The van der Waals surface area contributed by atoms with Crippen molar-refractivity contribution in [3.63, 3.8) is 0 Å². The van der Waals surface area contributed by atoms with Crippen LogP contribution in [0.4, 0.5) is 5.69 Å². The van der Waals surface area contributed by atoms with Gasteiger partial charge in [0.15, 0.2) is 0 Å².